The normalized spacial score (nSPS) is 14.6. The van der Waals surface area contributed by atoms with Crippen LogP contribution in [0.15, 0.2) is 0 Å². The lowest BCUT2D eigenvalue weighted by Crippen LogP contribution is -2.42. The van der Waals surface area contributed by atoms with Gasteiger partial charge in [0.2, 0.25) is 10.0 Å². The summed E-state index contributed by atoms with van der Waals surface area (Å²) in [6.45, 7) is 12.0. The van der Waals surface area contributed by atoms with Crippen molar-refractivity contribution in [3.05, 3.63) is 0 Å². The standard InChI is InChI=1S/C14H32N2O2S/c1-6-8-9-10-14(4,5)12-16-19(17,18)13(3)11-15-7-2/h13,15-16H,6-12H2,1-5H3. The molecule has 116 valence electrons. The van der Waals surface area contributed by atoms with Gasteiger partial charge in [0.1, 0.15) is 0 Å². The van der Waals surface area contributed by atoms with Crippen molar-refractivity contribution in [3.63, 3.8) is 0 Å². The van der Waals surface area contributed by atoms with Gasteiger partial charge in [-0.2, -0.15) is 0 Å². The Balaban J connectivity index is 4.20. The maximum Gasteiger partial charge on any atom is 0.215 e. The Kier molecular flexibility index (Phi) is 8.86. The average Bonchev–Trinajstić information content (AvgIpc) is 2.34. The number of nitrogens with one attached hydrogen (secondary N) is 2. The molecule has 19 heavy (non-hydrogen) atoms. The van der Waals surface area contributed by atoms with E-state index in [1.807, 2.05) is 6.92 Å². The van der Waals surface area contributed by atoms with Crippen LogP contribution in [0.2, 0.25) is 0 Å². The first-order chi connectivity index (χ1) is 8.75. The summed E-state index contributed by atoms with van der Waals surface area (Å²) in [5.74, 6) is 0. The third-order valence-corrected chi connectivity index (χ3v) is 5.19. The molecule has 5 heteroatoms. The van der Waals surface area contributed by atoms with E-state index in [2.05, 4.69) is 30.8 Å². The van der Waals surface area contributed by atoms with Crippen molar-refractivity contribution >= 4 is 10.0 Å². The monoisotopic (exact) mass is 292 g/mol. The lowest BCUT2D eigenvalue weighted by molar-refractivity contribution is 0.320. The van der Waals surface area contributed by atoms with E-state index in [0.29, 0.717) is 13.1 Å². The highest BCUT2D eigenvalue weighted by atomic mass is 32.2. The molecule has 0 aromatic rings. The number of rotatable bonds is 11. The van der Waals surface area contributed by atoms with E-state index in [1.54, 1.807) is 6.92 Å². The summed E-state index contributed by atoms with van der Waals surface area (Å²) >= 11 is 0. The van der Waals surface area contributed by atoms with Crippen LogP contribution in [-0.4, -0.2) is 33.3 Å². The second-order valence-electron chi connectivity index (χ2n) is 6.11. The van der Waals surface area contributed by atoms with E-state index in [-0.39, 0.29) is 10.7 Å². The van der Waals surface area contributed by atoms with Gasteiger partial charge in [-0.15, -0.1) is 0 Å². The molecule has 2 N–H and O–H groups in total. The Bertz CT molecular complexity index is 326. The van der Waals surface area contributed by atoms with Gasteiger partial charge in [-0.1, -0.05) is 47.0 Å². The summed E-state index contributed by atoms with van der Waals surface area (Å²) in [5, 5.41) is 2.68. The molecule has 0 fully saturated rings. The van der Waals surface area contributed by atoms with Crippen LogP contribution in [0.4, 0.5) is 0 Å². The lowest BCUT2D eigenvalue weighted by Gasteiger charge is -2.26. The predicted octanol–water partition coefficient (Wildman–Crippen LogP) is 2.51. The first-order valence-electron chi connectivity index (χ1n) is 7.44. The Morgan fingerprint density at radius 3 is 2.32 bits per heavy atom. The van der Waals surface area contributed by atoms with Crippen LogP contribution in [-0.2, 0) is 10.0 Å². The first kappa shape index (κ1) is 18.9. The smallest absolute Gasteiger partial charge is 0.215 e. The molecule has 0 saturated carbocycles. The van der Waals surface area contributed by atoms with E-state index in [0.717, 1.165) is 19.4 Å². The first-order valence-corrected chi connectivity index (χ1v) is 8.99. The topological polar surface area (TPSA) is 58.2 Å². The van der Waals surface area contributed by atoms with Gasteiger partial charge in [0.15, 0.2) is 0 Å². The average molecular weight is 292 g/mol. The largest absolute Gasteiger partial charge is 0.316 e. The Morgan fingerprint density at radius 1 is 1.16 bits per heavy atom. The van der Waals surface area contributed by atoms with E-state index < -0.39 is 10.0 Å². The maximum absolute atomic E-state index is 12.1. The quantitative estimate of drug-likeness (QED) is 0.575. The van der Waals surface area contributed by atoms with Crippen molar-refractivity contribution in [2.45, 2.75) is 65.6 Å². The molecular formula is C14H32N2O2S. The molecule has 0 amide bonds. The minimum atomic E-state index is -3.21. The van der Waals surface area contributed by atoms with Gasteiger partial charge >= 0.3 is 0 Å². The highest BCUT2D eigenvalue weighted by Gasteiger charge is 2.24. The van der Waals surface area contributed by atoms with Crippen LogP contribution in [0, 0.1) is 5.41 Å². The Hall–Kier alpha value is -0.130. The van der Waals surface area contributed by atoms with E-state index in [9.17, 15) is 8.42 Å². The van der Waals surface area contributed by atoms with Crippen molar-refractivity contribution in [1.29, 1.82) is 0 Å². The molecule has 0 aliphatic rings. The summed E-state index contributed by atoms with van der Waals surface area (Å²) in [6.07, 6.45) is 4.64. The molecule has 0 rings (SSSR count). The molecule has 4 nitrogen and oxygen atoms in total. The third-order valence-electron chi connectivity index (χ3n) is 3.42. The van der Waals surface area contributed by atoms with Crippen LogP contribution in [0.25, 0.3) is 0 Å². The summed E-state index contributed by atoms with van der Waals surface area (Å²) in [5.41, 5.74) is 0.0279. The SMILES string of the molecule is CCCCCC(C)(C)CNS(=O)(=O)C(C)CNCC. The summed E-state index contributed by atoms with van der Waals surface area (Å²) < 4.78 is 26.9. The fraction of sp³-hybridized carbons (Fsp3) is 1.00. The molecule has 1 unspecified atom stereocenters. The van der Waals surface area contributed by atoms with Gasteiger partial charge in [-0.3, -0.25) is 0 Å². The zero-order chi connectivity index (χ0) is 14.9. The molecule has 0 saturated heterocycles. The van der Waals surface area contributed by atoms with E-state index in [4.69, 9.17) is 0 Å². The number of sulfonamides is 1. The van der Waals surface area contributed by atoms with Crippen LogP contribution < -0.4 is 10.0 Å². The highest BCUT2D eigenvalue weighted by Crippen LogP contribution is 2.23. The third kappa shape index (κ3) is 8.60. The fourth-order valence-electron chi connectivity index (χ4n) is 1.84. The number of hydrogen-bond acceptors (Lipinski definition) is 3. The molecule has 0 bridgehead atoms. The Morgan fingerprint density at radius 2 is 1.79 bits per heavy atom. The van der Waals surface area contributed by atoms with Crippen molar-refractivity contribution in [2.75, 3.05) is 19.6 Å². The van der Waals surface area contributed by atoms with Crippen molar-refractivity contribution in [2.24, 2.45) is 5.41 Å². The second kappa shape index (κ2) is 8.93. The van der Waals surface area contributed by atoms with Crippen molar-refractivity contribution in [1.82, 2.24) is 10.0 Å². The number of unbranched alkanes of at least 4 members (excludes halogenated alkanes) is 2. The van der Waals surface area contributed by atoms with Crippen molar-refractivity contribution < 1.29 is 8.42 Å². The van der Waals surface area contributed by atoms with E-state index >= 15 is 0 Å². The molecular weight excluding hydrogens is 260 g/mol. The van der Waals surface area contributed by atoms with Crippen LogP contribution in [0.5, 0.6) is 0 Å². The predicted molar refractivity (Wildman–Crippen MR) is 82.9 cm³/mol. The van der Waals surface area contributed by atoms with Crippen LogP contribution >= 0.6 is 0 Å². The molecule has 0 aliphatic carbocycles. The molecule has 0 heterocycles. The van der Waals surface area contributed by atoms with Gasteiger partial charge in [0.25, 0.3) is 0 Å². The minimum Gasteiger partial charge on any atom is -0.316 e. The molecule has 0 aliphatic heterocycles. The summed E-state index contributed by atoms with van der Waals surface area (Å²) in [7, 11) is -3.21. The fourth-order valence-corrected chi connectivity index (χ4v) is 3.05. The summed E-state index contributed by atoms with van der Waals surface area (Å²) in [4.78, 5) is 0. The van der Waals surface area contributed by atoms with Crippen LogP contribution in [0.1, 0.15) is 60.3 Å². The highest BCUT2D eigenvalue weighted by molar-refractivity contribution is 7.90. The van der Waals surface area contributed by atoms with Gasteiger partial charge < -0.3 is 5.32 Å². The maximum atomic E-state index is 12.1. The molecule has 0 spiro atoms. The second-order valence-corrected chi connectivity index (χ2v) is 8.29. The molecule has 1 atom stereocenters. The van der Waals surface area contributed by atoms with Gasteiger partial charge in [0, 0.05) is 13.1 Å². The zero-order valence-corrected chi connectivity index (χ0v) is 14.1. The van der Waals surface area contributed by atoms with Gasteiger partial charge in [0.05, 0.1) is 5.25 Å². The molecule has 0 radical (unpaired) electrons. The van der Waals surface area contributed by atoms with Gasteiger partial charge in [-0.05, 0) is 25.3 Å². The lowest BCUT2D eigenvalue weighted by atomic mass is 9.87. The van der Waals surface area contributed by atoms with E-state index in [1.165, 1.54) is 12.8 Å². The minimum absolute atomic E-state index is 0.0279. The zero-order valence-electron chi connectivity index (χ0n) is 13.3. The molecule has 0 aromatic heterocycles. The van der Waals surface area contributed by atoms with Crippen LogP contribution in [0.3, 0.4) is 0 Å². The molecule has 0 aromatic carbocycles. The van der Waals surface area contributed by atoms with Gasteiger partial charge in [-0.25, -0.2) is 13.1 Å². The van der Waals surface area contributed by atoms with Crippen molar-refractivity contribution in [3.8, 4) is 0 Å². The summed E-state index contributed by atoms with van der Waals surface area (Å²) in [6, 6.07) is 0. The Labute approximate surface area is 119 Å². The number of hydrogen-bond donors (Lipinski definition) is 2.